The number of piperidine rings is 1. The number of halogens is 4. The fraction of sp³-hybridized carbons (Fsp3) is 0.370. The van der Waals surface area contributed by atoms with Crippen molar-refractivity contribution in [2.45, 2.75) is 50.7 Å². The van der Waals surface area contributed by atoms with E-state index in [-0.39, 0.29) is 23.2 Å². The van der Waals surface area contributed by atoms with Crippen LogP contribution in [0.3, 0.4) is 0 Å². The average Bonchev–Trinajstić information content (AvgIpc) is 3.35. The standard InChI is InChI=1S/C27H27F4N3O2S/c1-26(2,15-17-7-9-19(28)10-8-17)33-23(35)22-16-37-24(32-22)18-11-13-34(14-12-18)25(36)20-5-3-4-6-21(20)27(29,30)31/h3-10,16,18H,11-15H2,1-2H3,(H,33,35). The van der Waals surface area contributed by atoms with Crippen molar-refractivity contribution in [1.82, 2.24) is 15.2 Å². The highest BCUT2D eigenvalue weighted by molar-refractivity contribution is 7.09. The van der Waals surface area contributed by atoms with Crippen LogP contribution in [0.25, 0.3) is 0 Å². The molecular weight excluding hydrogens is 506 g/mol. The van der Waals surface area contributed by atoms with Crippen LogP contribution in [0, 0.1) is 5.82 Å². The second kappa shape index (κ2) is 10.6. The maximum absolute atomic E-state index is 13.3. The Bertz CT molecular complexity index is 1260. The third kappa shape index (κ3) is 6.54. The first-order chi connectivity index (χ1) is 17.4. The molecule has 1 aliphatic rings. The predicted molar refractivity (Wildman–Crippen MR) is 133 cm³/mol. The number of hydrogen-bond acceptors (Lipinski definition) is 4. The molecule has 1 aliphatic heterocycles. The van der Waals surface area contributed by atoms with Crippen LogP contribution >= 0.6 is 11.3 Å². The first kappa shape index (κ1) is 26.8. The number of nitrogens with one attached hydrogen (secondary N) is 1. The molecule has 196 valence electrons. The van der Waals surface area contributed by atoms with Crippen LogP contribution in [0.5, 0.6) is 0 Å². The van der Waals surface area contributed by atoms with Gasteiger partial charge in [-0.15, -0.1) is 11.3 Å². The summed E-state index contributed by atoms with van der Waals surface area (Å²) in [6, 6.07) is 11.0. The number of carbonyl (C=O) groups is 2. The van der Waals surface area contributed by atoms with Crippen LogP contribution in [-0.2, 0) is 12.6 Å². The summed E-state index contributed by atoms with van der Waals surface area (Å²) < 4.78 is 53.2. The number of rotatable bonds is 6. The highest BCUT2D eigenvalue weighted by atomic mass is 32.1. The summed E-state index contributed by atoms with van der Waals surface area (Å²) in [4.78, 5) is 31.6. The molecule has 0 aliphatic carbocycles. The summed E-state index contributed by atoms with van der Waals surface area (Å²) in [7, 11) is 0. The van der Waals surface area contributed by atoms with Crippen molar-refractivity contribution < 1.29 is 27.2 Å². The Kier molecular flexibility index (Phi) is 7.68. The van der Waals surface area contributed by atoms with Crippen LogP contribution in [-0.4, -0.2) is 40.3 Å². The number of alkyl halides is 3. The molecule has 37 heavy (non-hydrogen) atoms. The monoisotopic (exact) mass is 533 g/mol. The first-order valence-electron chi connectivity index (χ1n) is 11.9. The quantitative estimate of drug-likeness (QED) is 0.391. The van der Waals surface area contributed by atoms with E-state index in [1.807, 2.05) is 13.8 Å². The second-order valence-corrected chi connectivity index (χ2v) is 10.7. The molecule has 0 unspecified atom stereocenters. The van der Waals surface area contributed by atoms with Gasteiger partial charge >= 0.3 is 6.18 Å². The maximum atomic E-state index is 13.3. The molecule has 2 amide bonds. The fourth-order valence-corrected chi connectivity index (χ4v) is 5.50. The van der Waals surface area contributed by atoms with Gasteiger partial charge in [-0.25, -0.2) is 9.37 Å². The Morgan fingerprint density at radius 1 is 1.05 bits per heavy atom. The molecule has 0 spiro atoms. The van der Waals surface area contributed by atoms with Gasteiger partial charge in [-0.2, -0.15) is 13.2 Å². The minimum Gasteiger partial charge on any atom is -0.345 e. The van der Waals surface area contributed by atoms with Gasteiger partial charge in [-0.3, -0.25) is 9.59 Å². The van der Waals surface area contributed by atoms with E-state index in [1.165, 1.54) is 46.6 Å². The van der Waals surface area contributed by atoms with E-state index in [1.54, 1.807) is 17.5 Å². The van der Waals surface area contributed by atoms with E-state index in [2.05, 4.69) is 10.3 Å². The number of amides is 2. The molecule has 0 radical (unpaired) electrons. The molecule has 0 atom stereocenters. The number of thiazole rings is 1. The van der Waals surface area contributed by atoms with Crippen LogP contribution in [0.15, 0.2) is 53.9 Å². The molecule has 4 rings (SSSR count). The largest absolute Gasteiger partial charge is 0.417 e. The lowest BCUT2D eigenvalue weighted by molar-refractivity contribution is -0.138. The number of likely N-dealkylation sites (tertiary alicyclic amines) is 1. The molecular formula is C27H27F4N3O2S. The zero-order chi connectivity index (χ0) is 26.8. The van der Waals surface area contributed by atoms with Crippen molar-refractivity contribution in [1.29, 1.82) is 0 Å². The normalized spacial score (nSPS) is 15.0. The lowest BCUT2D eigenvalue weighted by Crippen LogP contribution is -2.45. The molecule has 1 fully saturated rings. The molecule has 1 N–H and O–H groups in total. The third-order valence-electron chi connectivity index (χ3n) is 6.36. The smallest absolute Gasteiger partial charge is 0.345 e. The first-order valence-corrected chi connectivity index (χ1v) is 12.8. The number of hydrogen-bond donors (Lipinski definition) is 1. The molecule has 2 heterocycles. The summed E-state index contributed by atoms with van der Waals surface area (Å²) in [5, 5.41) is 5.43. The number of nitrogens with zero attached hydrogens (tertiary/aromatic N) is 2. The SMILES string of the molecule is CC(C)(Cc1ccc(F)cc1)NC(=O)c1csc(C2CCN(C(=O)c3ccccc3C(F)(F)F)CC2)n1. The van der Waals surface area contributed by atoms with Crippen LogP contribution in [0.1, 0.15) is 69.6 Å². The van der Waals surface area contributed by atoms with E-state index in [4.69, 9.17) is 0 Å². The highest BCUT2D eigenvalue weighted by Gasteiger charge is 2.37. The van der Waals surface area contributed by atoms with E-state index >= 15 is 0 Å². The molecule has 10 heteroatoms. The van der Waals surface area contributed by atoms with E-state index in [0.717, 1.165) is 16.6 Å². The Morgan fingerprint density at radius 3 is 2.35 bits per heavy atom. The van der Waals surface area contributed by atoms with Gasteiger partial charge in [-0.05, 0) is 62.9 Å². The second-order valence-electron chi connectivity index (χ2n) is 9.82. The fourth-order valence-electron chi connectivity index (χ4n) is 4.52. The number of benzene rings is 2. The van der Waals surface area contributed by atoms with Gasteiger partial charge in [0.2, 0.25) is 0 Å². The topological polar surface area (TPSA) is 62.3 Å². The average molecular weight is 534 g/mol. The molecule has 1 aromatic heterocycles. The zero-order valence-electron chi connectivity index (χ0n) is 20.4. The van der Waals surface area contributed by atoms with E-state index in [0.29, 0.717) is 38.0 Å². The van der Waals surface area contributed by atoms with Gasteiger partial charge < -0.3 is 10.2 Å². The Balaban J connectivity index is 1.35. The van der Waals surface area contributed by atoms with Gasteiger partial charge in [0.25, 0.3) is 11.8 Å². The maximum Gasteiger partial charge on any atom is 0.417 e. The number of aromatic nitrogens is 1. The van der Waals surface area contributed by atoms with Gasteiger partial charge in [0.15, 0.2) is 0 Å². The van der Waals surface area contributed by atoms with Crippen molar-refractivity contribution >= 4 is 23.2 Å². The van der Waals surface area contributed by atoms with Gasteiger partial charge in [0.1, 0.15) is 11.5 Å². The molecule has 2 aromatic carbocycles. The molecule has 3 aromatic rings. The van der Waals surface area contributed by atoms with Crippen molar-refractivity contribution in [3.05, 3.63) is 87.1 Å². The Morgan fingerprint density at radius 2 is 1.70 bits per heavy atom. The van der Waals surface area contributed by atoms with Crippen molar-refractivity contribution in [2.24, 2.45) is 0 Å². The van der Waals surface area contributed by atoms with Crippen LogP contribution < -0.4 is 5.32 Å². The highest BCUT2D eigenvalue weighted by Crippen LogP contribution is 2.34. The predicted octanol–water partition coefficient (Wildman–Crippen LogP) is 6.07. The van der Waals surface area contributed by atoms with Gasteiger partial charge in [0, 0.05) is 29.9 Å². The van der Waals surface area contributed by atoms with Crippen molar-refractivity contribution in [3.8, 4) is 0 Å². The third-order valence-corrected chi connectivity index (χ3v) is 7.37. The molecule has 0 bridgehead atoms. The van der Waals surface area contributed by atoms with E-state index in [9.17, 15) is 27.2 Å². The van der Waals surface area contributed by atoms with Crippen LogP contribution in [0.2, 0.25) is 0 Å². The summed E-state index contributed by atoms with van der Waals surface area (Å²) in [5.74, 6) is -1.25. The van der Waals surface area contributed by atoms with Gasteiger partial charge in [0.05, 0.1) is 16.1 Å². The molecule has 1 saturated heterocycles. The molecule has 0 saturated carbocycles. The summed E-state index contributed by atoms with van der Waals surface area (Å²) in [5.41, 5.74) is -0.670. The number of carbonyl (C=O) groups excluding carboxylic acids is 2. The zero-order valence-corrected chi connectivity index (χ0v) is 21.3. The van der Waals surface area contributed by atoms with E-state index < -0.39 is 23.2 Å². The lowest BCUT2D eigenvalue weighted by atomic mass is 9.94. The van der Waals surface area contributed by atoms with Crippen molar-refractivity contribution in [2.75, 3.05) is 13.1 Å². The van der Waals surface area contributed by atoms with Gasteiger partial charge in [-0.1, -0.05) is 24.3 Å². The minimum atomic E-state index is -4.60. The Hall–Kier alpha value is -3.27. The summed E-state index contributed by atoms with van der Waals surface area (Å²) >= 11 is 1.36. The van der Waals surface area contributed by atoms with Crippen LogP contribution in [0.4, 0.5) is 17.6 Å². The lowest BCUT2D eigenvalue weighted by Gasteiger charge is -2.31. The summed E-state index contributed by atoms with van der Waals surface area (Å²) in [6.45, 7) is 4.37. The van der Waals surface area contributed by atoms with Crippen molar-refractivity contribution in [3.63, 3.8) is 0 Å². The Labute approximate surface area is 216 Å². The summed E-state index contributed by atoms with van der Waals surface area (Å²) in [6.07, 6.45) is -2.99. The molecule has 5 nitrogen and oxygen atoms in total. The minimum absolute atomic E-state index is 0.0145.